The first-order valence-electron chi connectivity index (χ1n) is 4.85. The van der Waals surface area contributed by atoms with E-state index in [4.69, 9.17) is 0 Å². The molecule has 0 aliphatic carbocycles. The zero-order valence-corrected chi connectivity index (χ0v) is 8.94. The fourth-order valence-electron chi connectivity index (χ4n) is 1.43. The Labute approximate surface area is 89.0 Å². The average molecular weight is 202 g/mol. The minimum atomic E-state index is 0.845. The number of rotatable bonds is 3. The smallest absolute Gasteiger partial charge is 0.106 e. The molecule has 0 atom stereocenters. The van der Waals surface area contributed by atoms with Gasteiger partial charge in [0.15, 0.2) is 0 Å². The fraction of sp³-hybridized carbons (Fsp3) is 0.273. The first-order valence-corrected chi connectivity index (χ1v) is 4.85. The van der Waals surface area contributed by atoms with Gasteiger partial charge in [-0.25, -0.2) is 9.97 Å². The van der Waals surface area contributed by atoms with Gasteiger partial charge in [-0.05, 0) is 26.2 Å². The van der Waals surface area contributed by atoms with Crippen LogP contribution in [0.25, 0.3) is 11.4 Å². The Bertz CT molecular complexity index is 420. The van der Waals surface area contributed by atoms with Crippen LogP contribution in [0.15, 0.2) is 30.7 Å². The third-order valence-electron chi connectivity index (χ3n) is 2.05. The second-order valence-corrected chi connectivity index (χ2v) is 3.71. The highest BCUT2D eigenvalue weighted by molar-refractivity contribution is 5.52. The molecule has 2 aromatic rings. The van der Waals surface area contributed by atoms with Crippen molar-refractivity contribution in [2.75, 3.05) is 14.1 Å². The predicted molar refractivity (Wildman–Crippen MR) is 59.2 cm³/mol. The van der Waals surface area contributed by atoms with Crippen LogP contribution in [0.2, 0.25) is 0 Å². The second kappa shape index (κ2) is 4.23. The molecule has 0 saturated carbocycles. The van der Waals surface area contributed by atoms with Crippen molar-refractivity contribution >= 4 is 0 Å². The van der Waals surface area contributed by atoms with Crippen molar-refractivity contribution in [3.63, 3.8) is 0 Å². The van der Waals surface area contributed by atoms with Gasteiger partial charge in [-0.3, -0.25) is 0 Å². The van der Waals surface area contributed by atoms with Gasteiger partial charge in [0.05, 0.1) is 17.7 Å². The van der Waals surface area contributed by atoms with E-state index in [9.17, 15) is 0 Å². The average Bonchev–Trinajstić information content (AvgIpc) is 2.69. The molecule has 0 amide bonds. The van der Waals surface area contributed by atoms with Crippen LogP contribution >= 0.6 is 0 Å². The third kappa shape index (κ3) is 2.41. The Morgan fingerprint density at radius 3 is 2.80 bits per heavy atom. The third-order valence-corrected chi connectivity index (χ3v) is 2.05. The van der Waals surface area contributed by atoms with Crippen molar-refractivity contribution in [3.05, 3.63) is 36.4 Å². The molecule has 0 radical (unpaired) electrons. The van der Waals surface area contributed by atoms with Crippen LogP contribution in [0.5, 0.6) is 0 Å². The first-order chi connectivity index (χ1) is 7.25. The Hall–Kier alpha value is -1.68. The van der Waals surface area contributed by atoms with E-state index >= 15 is 0 Å². The molecule has 2 rings (SSSR count). The van der Waals surface area contributed by atoms with Crippen LogP contribution in [-0.2, 0) is 6.54 Å². The van der Waals surface area contributed by atoms with E-state index < -0.39 is 0 Å². The summed E-state index contributed by atoms with van der Waals surface area (Å²) in [6.07, 6.45) is 3.51. The second-order valence-electron chi connectivity index (χ2n) is 3.71. The Balaban J connectivity index is 2.27. The van der Waals surface area contributed by atoms with Crippen molar-refractivity contribution in [1.29, 1.82) is 0 Å². The molecule has 78 valence electrons. The van der Waals surface area contributed by atoms with Crippen LogP contribution in [0, 0.1) is 0 Å². The molecule has 2 aromatic heterocycles. The van der Waals surface area contributed by atoms with Gasteiger partial charge in [0, 0.05) is 12.7 Å². The summed E-state index contributed by atoms with van der Waals surface area (Å²) in [7, 11) is 4.06. The van der Waals surface area contributed by atoms with E-state index in [-0.39, 0.29) is 0 Å². The molecule has 0 spiro atoms. The Kier molecular flexibility index (Phi) is 2.78. The normalized spacial score (nSPS) is 10.9. The predicted octanol–water partition coefficient (Wildman–Crippen LogP) is 1.53. The van der Waals surface area contributed by atoms with E-state index in [0.717, 1.165) is 23.6 Å². The SMILES string of the molecule is CN(C)Cc1cccc(-c2c[nH]cn2)n1. The topological polar surface area (TPSA) is 44.8 Å². The van der Waals surface area contributed by atoms with E-state index in [0.29, 0.717) is 0 Å². The summed E-state index contributed by atoms with van der Waals surface area (Å²) < 4.78 is 0. The minimum Gasteiger partial charge on any atom is -0.351 e. The maximum atomic E-state index is 4.53. The number of nitrogens with one attached hydrogen (secondary N) is 1. The summed E-state index contributed by atoms with van der Waals surface area (Å²) >= 11 is 0. The number of H-pyrrole nitrogens is 1. The molecule has 15 heavy (non-hydrogen) atoms. The van der Waals surface area contributed by atoms with Gasteiger partial charge in [-0.1, -0.05) is 6.07 Å². The molecule has 0 aromatic carbocycles. The maximum absolute atomic E-state index is 4.53. The number of hydrogen-bond donors (Lipinski definition) is 1. The highest BCUT2D eigenvalue weighted by Crippen LogP contribution is 2.13. The number of imidazole rings is 1. The molecular formula is C11H14N4. The highest BCUT2D eigenvalue weighted by atomic mass is 15.1. The lowest BCUT2D eigenvalue weighted by Gasteiger charge is -2.09. The summed E-state index contributed by atoms with van der Waals surface area (Å²) in [5.41, 5.74) is 2.85. The van der Waals surface area contributed by atoms with Gasteiger partial charge < -0.3 is 9.88 Å². The van der Waals surface area contributed by atoms with Gasteiger partial charge >= 0.3 is 0 Å². The zero-order chi connectivity index (χ0) is 10.7. The van der Waals surface area contributed by atoms with Crippen LogP contribution in [-0.4, -0.2) is 33.9 Å². The van der Waals surface area contributed by atoms with Crippen molar-refractivity contribution in [1.82, 2.24) is 19.9 Å². The van der Waals surface area contributed by atoms with Crippen molar-refractivity contribution in [2.45, 2.75) is 6.54 Å². The number of nitrogens with zero attached hydrogens (tertiary/aromatic N) is 3. The maximum Gasteiger partial charge on any atom is 0.106 e. The molecule has 0 saturated heterocycles. The zero-order valence-electron chi connectivity index (χ0n) is 8.94. The van der Waals surface area contributed by atoms with E-state index in [1.807, 2.05) is 38.5 Å². The molecule has 4 nitrogen and oxygen atoms in total. The van der Waals surface area contributed by atoms with Gasteiger partial charge in [0.25, 0.3) is 0 Å². The van der Waals surface area contributed by atoms with Crippen LogP contribution in [0.1, 0.15) is 5.69 Å². The fourth-order valence-corrected chi connectivity index (χ4v) is 1.43. The van der Waals surface area contributed by atoms with Gasteiger partial charge in [0.1, 0.15) is 5.69 Å². The summed E-state index contributed by atoms with van der Waals surface area (Å²) in [6, 6.07) is 6.00. The van der Waals surface area contributed by atoms with Crippen molar-refractivity contribution in [3.8, 4) is 11.4 Å². The van der Waals surface area contributed by atoms with E-state index in [1.165, 1.54) is 0 Å². The molecule has 4 heteroatoms. The quantitative estimate of drug-likeness (QED) is 0.821. The van der Waals surface area contributed by atoms with Crippen molar-refractivity contribution in [2.24, 2.45) is 0 Å². The lowest BCUT2D eigenvalue weighted by molar-refractivity contribution is 0.397. The summed E-state index contributed by atoms with van der Waals surface area (Å²) in [5, 5.41) is 0. The first kappa shape index (κ1) is 9.86. The molecule has 0 bridgehead atoms. The van der Waals surface area contributed by atoms with E-state index in [1.54, 1.807) is 6.33 Å². The van der Waals surface area contributed by atoms with Crippen LogP contribution in [0.3, 0.4) is 0 Å². The number of hydrogen-bond acceptors (Lipinski definition) is 3. The van der Waals surface area contributed by atoms with Crippen LogP contribution in [0.4, 0.5) is 0 Å². The molecule has 0 unspecified atom stereocenters. The Morgan fingerprint density at radius 1 is 1.27 bits per heavy atom. The number of aromatic nitrogens is 3. The molecule has 2 heterocycles. The van der Waals surface area contributed by atoms with E-state index in [2.05, 4.69) is 19.9 Å². The lowest BCUT2D eigenvalue weighted by Crippen LogP contribution is -2.11. The largest absolute Gasteiger partial charge is 0.351 e. The minimum absolute atomic E-state index is 0.845. The summed E-state index contributed by atoms with van der Waals surface area (Å²) in [4.78, 5) is 13.7. The van der Waals surface area contributed by atoms with Gasteiger partial charge in [-0.2, -0.15) is 0 Å². The number of pyridine rings is 1. The molecular weight excluding hydrogens is 188 g/mol. The number of aromatic amines is 1. The Morgan fingerprint density at radius 2 is 2.13 bits per heavy atom. The lowest BCUT2D eigenvalue weighted by atomic mass is 10.2. The molecule has 0 aliphatic heterocycles. The van der Waals surface area contributed by atoms with Gasteiger partial charge in [-0.15, -0.1) is 0 Å². The summed E-state index contributed by atoms with van der Waals surface area (Å²) in [5.74, 6) is 0. The molecule has 1 N–H and O–H groups in total. The van der Waals surface area contributed by atoms with Crippen LogP contribution < -0.4 is 0 Å². The van der Waals surface area contributed by atoms with Crippen molar-refractivity contribution < 1.29 is 0 Å². The van der Waals surface area contributed by atoms with Gasteiger partial charge in [0.2, 0.25) is 0 Å². The monoisotopic (exact) mass is 202 g/mol. The molecule has 0 aliphatic rings. The molecule has 0 fully saturated rings. The highest BCUT2D eigenvalue weighted by Gasteiger charge is 2.02. The standard InChI is InChI=1S/C11H14N4/c1-15(2)7-9-4-3-5-10(14-9)11-6-12-8-13-11/h3-6,8H,7H2,1-2H3,(H,12,13). The summed E-state index contributed by atoms with van der Waals surface area (Å²) in [6.45, 7) is 0.845.